The average Bonchev–Trinajstić information content (AvgIpc) is 2.87. The quantitative estimate of drug-likeness (QED) is 0.754. The number of nitrogens with zero attached hydrogens (tertiary/aromatic N) is 2. The predicted molar refractivity (Wildman–Crippen MR) is 125 cm³/mol. The maximum Gasteiger partial charge on any atom is 0.254 e. The van der Waals surface area contributed by atoms with Gasteiger partial charge in [0.15, 0.2) is 0 Å². The number of carbonyl (C=O) groups is 2. The third kappa shape index (κ3) is 5.46. The highest BCUT2D eigenvalue weighted by Crippen LogP contribution is 2.38. The van der Waals surface area contributed by atoms with Gasteiger partial charge >= 0.3 is 0 Å². The van der Waals surface area contributed by atoms with E-state index in [-0.39, 0.29) is 11.8 Å². The van der Waals surface area contributed by atoms with E-state index >= 15 is 0 Å². The largest absolute Gasteiger partial charge is 0.491 e. The van der Waals surface area contributed by atoms with Gasteiger partial charge in [-0.05, 0) is 49.8 Å². The van der Waals surface area contributed by atoms with Gasteiger partial charge in [-0.1, -0.05) is 31.0 Å². The molecule has 1 spiro atoms. The smallest absolute Gasteiger partial charge is 0.254 e. The van der Waals surface area contributed by atoms with Crippen LogP contribution in [0.15, 0.2) is 42.6 Å². The molecule has 2 aliphatic rings. The van der Waals surface area contributed by atoms with E-state index in [2.05, 4.69) is 16.4 Å². The molecule has 1 N–H and O–H groups in total. The van der Waals surface area contributed by atoms with Gasteiger partial charge in [-0.15, -0.1) is 0 Å². The topological polar surface area (TPSA) is 80.8 Å². The number of carbonyl (C=O) groups excluding carboxylic acids is 2. The number of methoxy groups -OCH3 is 1. The van der Waals surface area contributed by atoms with E-state index in [1.54, 1.807) is 18.3 Å². The van der Waals surface area contributed by atoms with Gasteiger partial charge < -0.3 is 19.7 Å². The molecule has 2 aliphatic heterocycles. The number of nitrogens with one attached hydrogen (secondary N) is 1. The Labute approximate surface area is 195 Å². The standard InChI is InChI=1S/C26H33N3O4/c1-32-23-19-21(10-14-27-23)24(30)29-16-12-26(13-17-29)11-6-2-3-7-20-8-4-5-9-22(20)33-18-15-28-25(26)31/h4-5,8-10,14,19H,2-3,6-7,11-13,15-18H2,1H3,(H,28,31). The second-order valence-electron chi connectivity index (χ2n) is 8.93. The lowest BCUT2D eigenvalue weighted by atomic mass is 9.73. The van der Waals surface area contributed by atoms with Crippen molar-refractivity contribution in [3.63, 3.8) is 0 Å². The summed E-state index contributed by atoms with van der Waals surface area (Å²) in [6.07, 6.45) is 7.93. The number of likely N-dealkylation sites (tertiary alicyclic amines) is 1. The summed E-state index contributed by atoms with van der Waals surface area (Å²) in [4.78, 5) is 32.2. The molecular weight excluding hydrogens is 418 g/mol. The molecule has 7 heteroatoms. The minimum atomic E-state index is -0.423. The molecule has 7 nitrogen and oxygen atoms in total. The highest BCUT2D eigenvalue weighted by Gasteiger charge is 2.41. The van der Waals surface area contributed by atoms with Crippen molar-refractivity contribution in [2.45, 2.75) is 44.9 Å². The summed E-state index contributed by atoms with van der Waals surface area (Å²) < 4.78 is 11.1. The predicted octanol–water partition coefficient (Wildman–Crippen LogP) is 3.62. The van der Waals surface area contributed by atoms with E-state index in [9.17, 15) is 9.59 Å². The molecule has 0 saturated carbocycles. The minimum Gasteiger partial charge on any atom is -0.491 e. The van der Waals surface area contributed by atoms with Crippen molar-refractivity contribution in [3.8, 4) is 11.6 Å². The van der Waals surface area contributed by atoms with Crippen molar-refractivity contribution >= 4 is 11.8 Å². The fourth-order valence-corrected chi connectivity index (χ4v) is 4.88. The zero-order valence-electron chi connectivity index (χ0n) is 19.3. The van der Waals surface area contributed by atoms with Crippen LogP contribution in [0.5, 0.6) is 11.6 Å². The van der Waals surface area contributed by atoms with Gasteiger partial charge in [0.25, 0.3) is 5.91 Å². The number of ether oxygens (including phenoxy) is 2. The van der Waals surface area contributed by atoms with Gasteiger partial charge in [0.2, 0.25) is 11.8 Å². The number of piperidine rings is 1. The number of aryl methyl sites for hydroxylation is 1. The molecule has 1 aromatic carbocycles. The Morgan fingerprint density at radius 3 is 2.76 bits per heavy atom. The third-order valence-corrected chi connectivity index (χ3v) is 6.90. The molecular formula is C26H33N3O4. The number of hydrogen-bond donors (Lipinski definition) is 1. The monoisotopic (exact) mass is 451 g/mol. The van der Waals surface area contributed by atoms with Crippen molar-refractivity contribution in [2.24, 2.45) is 5.41 Å². The summed E-state index contributed by atoms with van der Waals surface area (Å²) in [5.41, 5.74) is 1.37. The second-order valence-corrected chi connectivity index (χ2v) is 8.93. The maximum absolute atomic E-state index is 13.3. The first-order valence-electron chi connectivity index (χ1n) is 11.9. The fraction of sp³-hybridized carbons (Fsp3) is 0.500. The summed E-state index contributed by atoms with van der Waals surface area (Å²) >= 11 is 0. The number of hydrogen-bond acceptors (Lipinski definition) is 5. The van der Waals surface area contributed by atoms with E-state index in [4.69, 9.17) is 9.47 Å². The first kappa shape index (κ1) is 23.1. The summed E-state index contributed by atoms with van der Waals surface area (Å²) in [5.74, 6) is 1.40. The Bertz CT molecular complexity index is 970. The first-order chi connectivity index (χ1) is 16.1. The molecule has 176 valence electrons. The maximum atomic E-state index is 13.3. The molecule has 0 unspecified atom stereocenters. The van der Waals surface area contributed by atoms with Crippen molar-refractivity contribution in [2.75, 3.05) is 33.4 Å². The Morgan fingerprint density at radius 2 is 1.94 bits per heavy atom. The van der Waals surface area contributed by atoms with Crippen LogP contribution in [-0.2, 0) is 11.2 Å². The first-order valence-corrected chi connectivity index (χ1v) is 11.9. The Kier molecular flexibility index (Phi) is 7.47. The lowest BCUT2D eigenvalue weighted by molar-refractivity contribution is -0.134. The molecule has 0 bridgehead atoms. The Hall–Kier alpha value is -3.09. The van der Waals surface area contributed by atoms with Crippen LogP contribution in [0.1, 0.15) is 54.4 Å². The van der Waals surface area contributed by atoms with Crippen molar-refractivity contribution in [3.05, 3.63) is 53.7 Å². The summed E-state index contributed by atoms with van der Waals surface area (Å²) in [7, 11) is 1.54. The molecule has 0 atom stereocenters. The number of aromatic nitrogens is 1. The molecule has 1 fully saturated rings. The molecule has 2 aromatic rings. The van der Waals surface area contributed by atoms with Crippen molar-refractivity contribution in [1.82, 2.24) is 15.2 Å². The molecule has 2 amide bonds. The molecule has 33 heavy (non-hydrogen) atoms. The third-order valence-electron chi connectivity index (χ3n) is 6.90. The van der Waals surface area contributed by atoms with Crippen LogP contribution in [0.4, 0.5) is 0 Å². The lowest BCUT2D eigenvalue weighted by Gasteiger charge is -2.41. The van der Waals surface area contributed by atoms with Gasteiger partial charge in [0.1, 0.15) is 12.4 Å². The molecule has 4 rings (SSSR count). The van der Waals surface area contributed by atoms with Gasteiger partial charge in [0.05, 0.1) is 19.1 Å². The summed E-state index contributed by atoms with van der Waals surface area (Å²) in [5, 5.41) is 3.11. The van der Waals surface area contributed by atoms with Crippen molar-refractivity contribution < 1.29 is 19.1 Å². The van der Waals surface area contributed by atoms with Gasteiger partial charge in [0, 0.05) is 30.9 Å². The molecule has 1 saturated heterocycles. The SMILES string of the molecule is COc1cc(C(=O)N2CCC3(CCCCCc4ccccc4OCCNC3=O)CC2)ccn1. The molecule has 0 radical (unpaired) electrons. The molecule has 0 aliphatic carbocycles. The van der Waals surface area contributed by atoms with Crippen molar-refractivity contribution in [1.29, 1.82) is 0 Å². The van der Waals surface area contributed by atoms with Crippen LogP contribution in [-0.4, -0.2) is 55.0 Å². The normalized spacial score (nSPS) is 19.2. The van der Waals surface area contributed by atoms with Crippen LogP contribution >= 0.6 is 0 Å². The number of rotatable bonds is 2. The van der Waals surface area contributed by atoms with E-state index in [1.165, 1.54) is 12.7 Å². The van der Waals surface area contributed by atoms with Crippen LogP contribution < -0.4 is 14.8 Å². The second kappa shape index (κ2) is 10.7. The van der Waals surface area contributed by atoms with Crippen LogP contribution in [0.3, 0.4) is 0 Å². The number of para-hydroxylation sites is 1. The zero-order chi connectivity index (χ0) is 23.1. The van der Waals surface area contributed by atoms with Gasteiger partial charge in [-0.25, -0.2) is 4.98 Å². The number of benzene rings is 1. The highest BCUT2D eigenvalue weighted by atomic mass is 16.5. The average molecular weight is 452 g/mol. The van der Waals surface area contributed by atoms with E-state index in [0.29, 0.717) is 50.5 Å². The molecule has 3 heterocycles. The van der Waals surface area contributed by atoms with Crippen LogP contribution in [0.2, 0.25) is 0 Å². The number of pyridine rings is 1. The minimum absolute atomic E-state index is 0.0400. The van der Waals surface area contributed by atoms with Crippen LogP contribution in [0, 0.1) is 5.41 Å². The zero-order valence-corrected chi connectivity index (χ0v) is 19.3. The van der Waals surface area contributed by atoms with E-state index < -0.39 is 5.41 Å². The number of fused-ring (bicyclic) bond motifs is 1. The van der Waals surface area contributed by atoms with Gasteiger partial charge in [-0.2, -0.15) is 0 Å². The molecule has 1 aromatic heterocycles. The van der Waals surface area contributed by atoms with E-state index in [1.807, 2.05) is 23.1 Å². The lowest BCUT2D eigenvalue weighted by Crippen LogP contribution is -2.50. The van der Waals surface area contributed by atoms with Gasteiger partial charge in [-0.3, -0.25) is 9.59 Å². The number of amides is 2. The highest BCUT2D eigenvalue weighted by molar-refractivity contribution is 5.94. The fourth-order valence-electron chi connectivity index (χ4n) is 4.88. The Morgan fingerprint density at radius 1 is 1.12 bits per heavy atom. The Balaban J connectivity index is 1.40. The van der Waals surface area contributed by atoms with Crippen LogP contribution in [0.25, 0.3) is 0 Å². The van der Waals surface area contributed by atoms with E-state index in [0.717, 1.165) is 37.9 Å². The summed E-state index contributed by atoms with van der Waals surface area (Å²) in [6.45, 7) is 2.07. The summed E-state index contributed by atoms with van der Waals surface area (Å²) in [6, 6.07) is 11.5.